The number of aliphatic hydroxyl groups excluding tert-OH is 1. The van der Waals surface area contributed by atoms with E-state index in [9.17, 15) is 9.50 Å². The molecule has 3 aromatic carbocycles. The molecule has 0 aliphatic rings. The Hall–Kier alpha value is -2.14. The maximum absolute atomic E-state index is 14.0. The number of hydrogen-bond acceptors (Lipinski definition) is 3. The van der Waals surface area contributed by atoms with Gasteiger partial charge in [0.25, 0.3) is 0 Å². The molecule has 1 atom stereocenters. The average molecular weight is 374 g/mol. The molecule has 3 nitrogen and oxygen atoms in total. The minimum atomic E-state index is -0.438. The van der Waals surface area contributed by atoms with Gasteiger partial charge >= 0.3 is 0 Å². The SMILES string of the molecule is C[C@H](O)CNCc1c(OCc2c(F)cccc2Cl)ccc2ccccc12. The number of benzene rings is 3. The second kappa shape index (κ2) is 8.49. The third kappa shape index (κ3) is 4.33. The number of nitrogens with one attached hydrogen (secondary N) is 1. The molecule has 0 aliphatic heterocycles. The van der Waals surface area contributed by atoms with Gasteiger partial charge in [0.1, 0.15) is 18.2 Å². The zero-order valence-electron chi connectivity index (χ0n) is 14.5. The Balaban J connectivity index is 1.89. The van der Waals surface area contributed by atoms with Gasteiger partial charge in [-0.15, -0.1) is 0 Å². The van der Waals surface area contributed by atoms with Crippen molar-refractivity contribution in [3.8, 4) is 5.75 Å². The highest BCUT2D eigenvalue weighted by Gasteiger charge is 2.12. The van der Waals surface area contributed by atoms with E-state index >= 15 is 0 Å². The topological polar surface area (TPSA) is 41.5 Å². The highest BCUT2D eigenvalue weighted by Crippen LogP contribution is 2.30. The van der Waals surface area contributed by atoms with Crippen molar-refractivity contribution in [2.45, 2.75) is 26.2 Å². The second-order valence-electron chi connectivity index (χ2n) is 6.23. The van der Waals surface area contributed by atoms with Gasteiger partial charge in [0.2, 0.25) is 0 Å². The van der Waals surface area contributed by atoms with Gasteiger partial charge in [0, 0.05) is 24.2 Å². The highest BCUT2D eigenvalue weighted by atomic mass is 35.5. The van der Waals surface area contributed by atoms with Gasteiger partial charge in [0.15, 0.2) is 0 Å². The molecule has 0 aliphatic carbocycles. The highest BCUT2D eigenvalue weighted by molar-refractivity contribution is 6.31. The number of halogens is 2. The molecule has 0 radical (unpaired) electrons. The summed E-state index contributed by atoms with van der Waals surface area (Å²) in [5.74, 6) is 0.285. The summed E-state index contributed by atoms with van der Waals surface area (Å²) in [4.78, 5) is 0. The van der Waals surface area contributed by atoms with Crippen LogP contribution in [0.1, 0.15) is 18.1 Å². The van der Waals surface area contributed by atoms with Crippen molar-refractivity contribution in [3.05, 3.63) is 76.6 Å². The average Bonchev–Trinajstić information content (AvgIpc) is 2.62. The molecule has 0 bridgehead atoms. The fraction of sp³-hybridized carbons (Fsp3) is 0.238. The third-order valence-corrected chi connectivity index (χ3v) is 4.53. The maximum Gasteiger partial charge on any atom is 0.131 e. The van der Waals surface area contributed by atoms with Crippen LogP contribution >= 0.6 is 11.6 Å². The fourth-order valence-corrected chi connectivity index (χ4v) is 3.08. The summed E-state index contributed by atoms with van der Waals surface area (Å²) in [6, 6.07) is 16.5. The Labute approximate surface area is 157 Å². The molecule has 0 heterocycles. The molecule has 0 saturated heterocycles. The van der Waals surface area contributed by atoms with Crippen molar-refractivity contribution >= 4 is 22.4 Å². The number of ether oxygens (including phenoxy) is 1. The number of aliphatic hydroxyl groups is 1. The van der Waals surface area contributed by atoms with Crippen LogP contribution in [0, 0.1) is 5.82 Å². The van der Waals surface area contributed by atoms with Gasteiger partial charge in [-0.2, -0.15) is 0 Å². The summed E-state index contributed by atoms with van der Waals surface area (Å²) >= 11 is 6.09. The van der Waals surface area contributed by atoms with Gasteiger partial charge in [0.05, 0.1) is 11.1 Å². The van der Waals surface area contributed by atoms with Crippen LogP contribution in [0.15, 0.2) is 54.6 Å². The van der Waals surface area contributed by atoms with Gasteiger partial charge < -0.3 is 15.2 Å². The summed E-state index contributed by atoms with van der Waals surface area (Å²) in [5, 5.41) is 15.2. The molecule has 0 saturated carbocycles. The van der Waals surface area contributed by atoms with Gasteiger partial charge in [-0.25, -0.2) is 4.39 Å². The van der Waals surface area contributed by atoms with Crippen LogP contribution in [0.25, 0.3) is 10.8 Å². The first-order chi connectivity index (χ1) is 12.6. The van der Waals surface area contributed by atoms with Crippen LogP contribution in [0.2, 0.25) is 5.02 Å². The molecule has 0 amide bonds. The molecular formula is C21H21ClFNO2. The van der Waals surface area contributed by atoms with Crippen molar-refractivity contribution < 1.29 is 14.2 Å². The summed E-state index contributed by atoms with van der Waals surface area (Å²) in [6.07, 6.45) is -0.438. The van der Waals surface area contributed by atoms with Gasteiger partial charge in [-0.05, 0) is 35.9 Å². The molecule has 3 aromatic rings. The molecule has 0 aromatic heterocycles. The van der Waals surface area contributed by atoms with E-state index in [1.165, 1.54) is 6.07 Å². The lowest BCUT2D eigenvalue weighted by Gasteiger charge is -2.16. The van der Waals surface area contributed by atoms with Crippen LogP contribution in [0.5, 0.6) is 5.75 Å². The second-order valence-corrected chi connectivity index (χ2v) is 6.64. The Kier molecular flexibility index (Phi) is 6.09. The molecule has 0 unspecified atom stereocenters. The molecule has 26 heavy (non-hydrogen) atoms. The molecule has 136 valence electrons. The quantitative estimate of drug-likeness (QED) is 0.631. The molecular weight excluding hydrogens is 353 g/mol. The van der Waals surface area contributed by atoms with Crippen LogP contribution in [0.4, 0.5) is 4.39 Å². The smallest absolute Gasteiger partial charge is 0.131 e. The largest absolute Gasteiger partial charge is 0.488 e. The van der Waals surface area contributed by atoms with E-state index in [-0.39, 0.29) is 12.4 Å². The van der Waals surface area contributed by atoms with Crippen LogP contribution in [0.3, 0.4) is 0 Å². The van der Waals surface area contributed by atoms with Crippen molar-refractivity contribution in [1.82, 2.24) is 5.32 Å². The fourth-order valence-electron chi connectivity index (χ4n) is 2.86. The van der Waals surface area contributed by atoms with E-state index in [1.54, 1.807) is 19.1 Å². The zero-order chi connectivity index (χ0) is 18.5. The first-order valence-corrected chi connectivity index (χ1v) is 8.89. The first kappa shape index (κ1) is 18.6. The summed E-state index contributed by atoms with van der Waals surface area (Å²) < 4.78 is 19.9. The standard InChI is InChI=1S/C21H21ClFNO2/c1-14(25)11-24-12-17-16-6-3-2-5-15(16)9-10-21(17)26-13-18-19(22)7-4-8-20(18)23/h2-10,14,24-25H,11-13H2,1H3/t14-/m0/s1. The van der Waals surface area contributed by atoms with Crippen LogP contribution < -0.4 is 10.1 Å². The zero-order valence-corrected chi connectivity index (χ0v) is 15.3. The van der Waals surface area contributed by atoms with Crippen LogP contribution in [-0.4, -0.2) is 17.8 Å². The van der Waals surface area contributed by atoms with E-state index in [2.05, 4.69) is 5.32 Å². The maximum atomic E-state index is 14.0. The normalized spacial score (nSPS) is 12.3. The van der Waals surface area contributed by atoms with E-state index in [0.29, 0.717) is 29.4 Å². The predicted octanol–water partition coefficient (Wildman–Crippen LogP) is 4.68. The molecule has 0 fully saturated rings. The Morgan fingerprint density at radius 1 is 1.08 bits per heavy atom. The van der Waals surface area contributed by atoms with Gasteiger partial charge in [-0.1, -0.05) is 48.0 Å². The predicted molar refractivity (Wildman–Crippen MR) is 103 cm³/mol. The van der Waals surface area contributed by atoms with Crippen LogP contribution in [-0.2, 0) is 13.2 Å². The number of fused-ring (bicyclic) bond motifs is 1. The minimum Gasteiger partial charge on any atom is -0.488 e. The van der Waals surface area contributed by atoms with Crippen molar-refractivity contribution in [3.63, 3.8) is 0 Å². The monoisotopic (exact) mass is 373 g/mol. The van der Waals surface area contributed by atoms with E-state index in [0.717, 1.165) is 16.3 Å². The van der Waals surface area contributed by atoms with E-state index < -0.39 is 6.10 Å². The number of rotatable bonds is 7. The number of hydrogen-bond donors (Lipinski definition) is 2. The molecule has 3 rings (SSSR count). The van der Waals surface area contributed by atoms with E-state index in [4.69, 9.17) is 16.3 Å². The van der Waals surface area contributed by atoms with E-state index in [1.807, 2.05) is 36.4 Å². The van der Waals surface area contributed by atoms with Crippen molar-refractivity contribution in [2.24, 2.45) is 0 Å². The molecule has 5 heteroatoms. The summed E-state index contributed by atoms with van der Waals surface area (Å²) in [5.41, 5.74) is 1.31. The lowest BCUT2D eigenvalue weighted by atomic mass is 10.0. The third-order valence-electron chi connectivity index (χ3n) is 4.17. The summed E-state index contributed by atoms with van der Waals surface area (Å²) in [7, 11) is 0. The van der Waals surface area contributed by atoms with Gasteiger partial charge in [-0.3, -0.25) is 0 Å². The first-order valence-electron chi connectivity index (χ1n) is 8.51. The lowest BCUT2D eigenvalue weighted by Crippen LogP contribution is -2.24. The van der Waals surface area contributed by atoms with Crippen molar-refractivity contribution in [2.75, 3.05) is 6.54 Å². The molecule has 0 spiro atoms. The Morgan fingerprint density at radius 3 is 2.65 bits per heavy atom. The Morgan fingerprint density at radius 2 is 1.88 bits per heavy atom. The minimum absolute atomic E-state index is 0.0489. The Bertz CT molecular complexity index is 878. The lowest BCUT2D eigenvalue weighted by molar-refractivity contribution is 0.190. The molecule has 2 N–H and O–H groups in total. The van der Waals surface area contributed by atoms with Crippen molar-refractivity contribution in [1.29, 1.82) is 0 Å². The summed E-state index contributed by atoms with van der Waals surface area (Å²) in [6.45, 7) is 2.79.